The van der Waals surface area contributed by atoms with Crippen LogP contribution in [0.5, 0.6) is 0 Å². The fourth-order valence-corrected chi connectivity index (χ4v) is 11.7. The molecule has 0 amide bonds. The monoisotopic (exact) mass is 408 g/mol. The SMILES string of the molecule is Cc1cc(C)cc(C[Si](CCC(C)(C)C)(c2c(C)cc(C)cc2C)C(C)(C)C)c1. The maximum Gasteiger partial charge on any atom is 0.0970 e. The second kappa shape index (κ2) is 8.42. The molecule has 0 spiro atoms. The molecule has 0 aliphatic heterocycles. The third-order valence-electron chi connectivity index (χ3n) is 6.68. The van der Waals surface area contributed by atoms with E-state index in [0.29, 0.717) is 10.5 Å². The predicted octanol–water partition coefficient (Wildman–Crippen LogP) is 7.90. The molecular formula is C28H44Si. The average Bonchev–Trinajstić information content (AvgIpc) is 2.48. The Hall–Kier alpha value is -1.34. The summed E-state index contributed by atoms with van der Waals surface area (Å²) >= 11 is 0. The summed E-state index contributed by atoms with van der Waals surface area (Å²) in [4.78, 5) is 0. The van der Waals surface area contributed by atoms with Gasteiger partial charge in [-0.25, -0.2) is 0 Å². The number of aryl methyl sites for hydroxylation is 5. The highest BCUT2D eigenvalue weighted by atomic mass is 28.3. The molecule has 0 N–H and O–H groups in total. The Morgan fingerprint density at radius 1 is 0.655 bits per heavy atom. The first-order chi connectivity index (χ1) is 13.1. The van der Waals surface area contributed by atoms with Crippen LogP contribution in [0.1, 0.15) is 81.3 Å². The highest BCUT2D eigenvalue weighted by Crippen LogP contribution is 2.44. The molecule has 2 aromatic carbocycles. The summed E-state index contributed by atoms with van der Waals surface area (Å²) in [7, 11) is -1.88. The fraction of sp³-hybridized carbons (Fsp3) is 0.571. The van der Waals surface area contributed by atoms with E-state index in [4.69, 9.17) is 0 Å². The van der Waals surface area contributed by atoms with Crippen LogP contribution in [-0.4, -0.2) is 8.07 Å². The van der Waals surface area contributed by atoms with Crippen LogP contribution in [-0.2, 0) is 6.04 Å². The summed E-state index contributed by atoms with van der Waals surface area (Å²) in [5.74, 6) is 0. The standard InChI is InChI=1S/C28H44Si/c1-20-14-21(2)18-25(17-20)19-29(28(9,10)11,13-12-27(6,7)8)26-23(4)15-22(3)16-24(26)5/h14-18H,12-13,19H2,1-11H3. The lowest BCUT2D eigenvalue weighted by atomic mass is 9.94. The maximum atomic E-state index is 2.52. The second-order valence-corrected chi connectivity index (χ2v) is 16.9. The summed E-state index contributed by atoms with van der Waals surface area (Å²) < 4.78 is 0. The Kier molecular flexibility index (Phi) is 6.95. The van der Waals surface area contributed by atoms with Gasteiger partial charge in [0, 0.05) is 0 Å². The van der Waals surface area contributed by atoms with Gasteiger partial charge in [0.2, 0.25) is 0 Å². The molecule has 0 aliphatic carbocycles. The minimum absolute atomic E-state index is 0.292. The van der Waals surface area contributed by atoms with E-state index in [1.165, 1.54) is 51.9 Å². The Morgan fingerprint density at radius 3 is 1.52 bits per heavy atom. The van der Waals surface area contributed by atoms with Crippen LogP contribution in [0, 0.1) is 40.0 Å². The molecule has 0 nitrogen and oxygen atoms in total. The van der Waals surface area contributed by atoms with Crippen molar-refractivity contribution in [1.29, 1.82) is 0 Å². The molecule has 160 valence electrons. The molecule has 1 heteroatoms. The van der Waals surface area contributed by atoms with Crippen LogP contribution in [0.25, 0.3) is 0 Å². The molecule has 0 saturated heterocycles. The van der Waals surface area contributed by atoms with E-state index < -0.39 is 8.07 Å². The van der Waals surface area contributed by atoms with Gasteiger partial charge in [-0.3, -0.25) is 0 Å². The van der Waals surface area contributed by atoms with Crippen LogP contribution in [0.4, 0.5) is 0 Å². The minimum Gasteiger partial charge on any atom is -0.0622 e. The minimum atomic E-state index is -1.88. The largest absolute Gasteiger partial charge is 0.0970 e. The van der Waals surface area contributed by atoms with Gasteiger partial charge >= 0.3 is 0 Å². The van der Waals surface area contributed by atoms with Gasteiger partial charge in [-0.1, -0.05) is 117 Å². The lowest BCUT2D eigenvalue weighted by molar-refractivity contribution is 0.393. The molecule has 0 saturated carbocycles. The molecule has 0 aliphatic rings. The van der Waals surface area contributed by atoms with Crippen molar-refractivity contribution in [2.75, 3.05) is 0 Å². The molecule has 0 fully saturated rings. The Morgan fingerprint density at radius 2 is 1.10 bits per heavy atom. The summed E-state index contributed by atoms with van der Waals surface area (Å²) in [5.41, 5.74) is 9.11. The van der Waals surface area contributed by atoms with Gasteiger partial charge in [0.15, 0.2) is 0 Å². The first-order valence-electron chi connectivity index (χ1n) is 11.3. The zero-order valence-corrected chi connectivity index (χ0v) is 22.0. The third kappa shape index (κ3) is 5.63. The Labute approximate surface area is 182 Å². The highest BCUT2D eigenvalue weighted by Gasteiger charge is 2.47. The van der Waals surface area contributed by atoms with Gasteiger partial charge in [-0.15, -0.1) is 0 Å². The smallest absolute Gasteiger partial charge is 0.0622 e. The number of rotatable bonds is 5. The summed E-state index contributed by atoms with van der Waals surface area (Å²) in [6.45, 7) is 26.2. The molecule has 2 aromatic rings. The van der Waals surface area contributed by atoms with Gasteiger partial charge < -0.3 is 0 Å². The quantitative estimate of drug-likeness (QED) is 0.441. The molecule has 0 bridgehead atoms. The summed E-state index contributed by atoms with van der Waals surface area (Å²) in [6, 6.07) is 14.6. The van der Waals surface area contributed by atoms with Crippen molar-refractivity contribution in [3.05, 3.63) is 63.7 Å². The van der Waals surface area contributed by atoms with Gasteiger partial charge in [0.25, 0.3) is 0 Å². The van der Waals surface area contributed by atoms with E-state index in [1.54, 1.807) is 5.19 Å². The molecule has 0 heterocycles. The van der Waals surface area contributed by atoms with Gasteiger partial charge in [-0.2, -0.15) is 0 Å². The van der Waals surface area contributed by atoms with Crippen molar-refractivity contribution in [2.45, 2.75) is 99.7 Å². The molecule has 0 radical (unpaired) electrons. The van der Waals surface area contributed by atoms with Crippen molar-refractivity contribution in [1.82, 2.24) is 0 Å². The zero-order chi connectivity index (χ0) is 22.2. The number of hydrogen-bond acceptors (Lipinski definition) is 0. The van der Waals surface area contributed by atoms with Crippen molar-refractivity contribution < 1.29 is 0 Å². The predicted molar refractivity (Wildman–Crippen MR) is 134 cm³/mol. The fourth-order valence-electron chi connectivity index (χ4n) is 5.36. The molecule has 1 unspecified atom stereocenters. The van der Waals surface area contributed by atoms with Crippen LogP contribution in [0.2, 0.25) is 11.1 Å². The first kappa shape index (κ1) is 23.9. The summed E-state index contributed by atoms with van der Waals surface area (Å²) in [5, 5.41) is 2.01. The van der Waals surface area contributed by atoms with E-state index >= 15 is 0 Å². The lowest BCUT2D eigenvalue weighted by Gasteiger charge is -2.47. The van der Waals surface area contributed by atoms with E-state index in [0.717, 1.165) is 0 Å². The van der Waals surface area contributed by atoms with Gasteiger partial charge in [0.1, 0.15) is 0 Å². The van der Waals surface area contributed by atoms with E-state index in [-0.39, 0.29) is 0 Å². The Bertz CT molecular complexity index is 818. The molecular weight excluding hydrogens is 364 g/mol. The first-order valence-corrected chi connectivity index (χ1v) is 13.7. The highest BCUT2D eigenvalue weighted by molar-refractivity contribution is 6.94. The van der Waals surface area contributed by atoms with Crippen molar-refractivity contribution in [3.8, 4) is 0 Å². The zero-order valence-electron chi connectivity index (χ0n) is 21.0. The van der Waals surface area contributed by atoms with Crippen LogP contribution in [0.3, 0.4) is 0 Å². The average molecular weight is 409 g/mol. The normalized spacial score (nSPS) is 14.7. The van der Waals surface area contributed by atoms with Crippen molar-refractivity contribution >= 4 is 13.3 Å². The Balaban J connectivity index is 2.77. The van der Waals surface area contributed by atoms with Crippen LogP contribution >= 0.6 is 0 Å². The molecule has 0 aromatic heterocycles. The maximum absolute atomic E-state index is 2.52. The topological polar surface area (TPSA) is 0 Å². The molecule has 2 rings (SSSR count). The van der Waals surface area contributed by atoms with E-state index in [9.17, 15) is 0 Å². The second-order valence-electron chi connectivity index (χ2n) is 11.8. The van der Waals surface area contributed by atoms with Gasteiger partial charge in [-0.05, 0) is 56.7 Å². The van der Waals surface area contributed by atoms with Crippen molar-refractivity contribution in [3.63, 3.8) is 0 Å². The molecule has 1 atom stereocenters. The van der Waals surface area contributed by atoms with Crippen LogP contribution in [0.15, 0.2) is 30.3 Å². The van der Waals surface area contributed by atoms with E-state index in [1.807, 2.05) is 0 Å². The number of hydrogen-bond donors (Lipinski definition) is 0. The van der Waals surface area contributed by atoms with E-state index in [2.05, 4.69) is 106 Å². The van der Waals surface area contributed by atoms with Crippen molar-refractivity contribution in [2.24, 2.45) is 5.41 Å². The lowest BCUT2D eigenvalue weighted by Crippen LogP contribution is -2.59. The summed E-state index contributed by atoms with van der Waals surface area (Å²) in [6.07, 6.45) is 1.29. The van der Waals surface area contributed by atoms with Gasteiger partial charge in [0.05, 0.1) is 8.07 Å². The third-order valence-corrected chi connectivity index (χ3v) is 13.4. The van der Waals surface area contributed by atoms with Crippen LogP contribution < -0.4 is 5.19 Å². The number of benzene rings is 2. The molecule has 29 heavy (non-hydrogen) atoms.